The summed E-state index contributed by atoms with van der Waals surface area (Å²) in [5, 5.41) is 13.7. The van der Waals surface area contributed by atoms with E-state index >= 15 is 0 Å². The number of H-pyrrole nitrogens is 1. The molecule has 38 heavy (non-hydrogen) atoms. The molecule has 196 valence electrons. The monoisotopic (exact) mass is 513 g/mol. The van der Waals surface area contributed by atoms with Crippen molar-refractivity contribution in [3.05, 3.63) is 59.8 Å². The first-order valence-electron chi connectivity index (χ1n) is 12.7. The average Bonchev–Trinajstić information content (AvgIpc) is 3.60. The van der Waals surface area contributed by atoms with Crippen LogP contribution in [0.4, 0.5) is 5.69 Å². The lowest BCUT2D eigenvalue weighted by molar-refractivity contribution is -0.136. The predicted molar refractivity (Wildman–Crippen MR) is 143 cm³/mol. The second kappa shape index (κ2) is 9.53. The second-order valence-electron chi connectivity index (χ2n) is 10.6. The number of rotatable bonds is 6. The molecule has 2 aliphatic heterocycles. The highest BCUT2D eigenvalue weighted by Crippen LogP contribution is 2.46. The summed E-state index contributed by atoms with van der Waals surface area (Å²) in [7, 11) is 3.19. The number of ether oxygens (including phenoxy) is 1. The third-order valence-electron chi connectivity index (χ3n) is 7.76. The summed E-state index contributed by atoms with van der Waals surface area (Å²) in [5.41, 5.74) is 1.63. The smallest absolute Gasteiger partial charge is 0.270 e. The van der Waals surface area contributed by atoms with E-state index in [0.717, 1.165) is 16.5 Å². The van der Waals surface area contributed by atoms with E-state index in [9.17, 15) is 19.6 Å². The normalized spacial score (nSPS) is 20.9. The zero-order chi connectivity index (χ0) is 27.2. The van der Waals surface area contributed by atoms with E-state index < -0.39 is 17.5 Å². The summed E-state index contributed by atoms with van der Waals surface area (Å²) in [5.74, 6) is -0.122. The van der Waals surface area contributed by atoms with Crippen LogP contribution in [-0.4, -0.2) is 65.3 Å². The average molecular weight is 514 g/mol. The molecule has 2 aliphatic rings. The third-order valence-corrected chi connectivity index (χ3v) is 7.76. The maximum atomic E-state index is 14.1. The number of benzene rings is 2. The topological polar surface area (TPSA) is 119 Å². The number of para-hydroxylation sites is 1. The van der Waals surface area contributed by atoms with Crippen LogP contribution in [0, 0.1) is 17.2 Å². The number of aromatic nitrogens is 1. The number of hydrogen-bond donors (Lipinski definition) is 2. The third kappa shape index (κ3) is 3.97. The summed E-state index contributed by atoms with van der Waals surface area (Å²) in [6.07, 6.45) is 0.626. The standard InChI is InChI=1S/C29H31N5O4/c1-17(2)12-24(33(3)26(35)23-13-19-21(31-23)10-7-11-25(19)38-4)27(36)34-16-29(14-18(34)15-30)20-8-5-6-9-22(20)32-28(29)37/h5-11,13,17-18,24,31H,12,14,16H2,1-4H3,(H,32,37)/t18-,24?,29-/m0/s1. The van der Waals surface area contributed by atoms with Crippen LogP contribution in [0.25, 0.3) is 10.9 Å². The van der Waals surface area contributed by atoms with Gasteiger partial charge in [0, 0.05) is 36.6 Å². The molecular weight excluding hydrogens is 482 g/mol. The number of nitrogens with one attached hydrogen (secondary N) is 2. The van der Waals surface area contributed by atoms with Gasteiger partial charge in [0.15, 0.2) is 0 Å². The Morgan fingerprint density at radius 3 is 2.71 bits per heavy atom. The Balaban J connectivity index is 1.46. The molecule has 1 fully saturated rings. The molecule has 2 N–H and O–H groups in total. The number of amides is 3. The van der Waals surface area contributed by atoms with Crippen LogP contribution >= 0.6 is 0 Å². The number of likely N-dealkylation sites (N-methyl/N-ethyl adjacent to an activating group) is 1. The Labute approximate surface area is 221 Å². The Morgan fingerprint density at radius 1 is 1.24 bits per heavy atom. The SMILES string of the molecule is COc1cccc2[nH]c(C(=O)N(C)C(CC(C)C)C(=O)N3C[C@]4(C[C@H]3C#N)C(=O)Nc3ccccc34)cc12. The van der Waals surface area contributed by atoms with Crippen LogP contribution in [0.5, 0.6) is 5.75 Å². The molecule has 5 rings (SSSR count). The summed E-state index contributed by atoms with van der Waals surface area (Å²) in [6, 6.07) is 15.3. The van der Waals surface area contributed by atoms with Gasteiger partial charge >= 0.3 is 0 Å². The summed E-state index contributed by atoms with van der Waals surface area (Å²) < 4.78 is 5.42. The Hall–Kier alpha value is -4.32. The lowest BCUT2D eigenvalue weighted by Crippen LogP contribution is -2.52. The van der Waals surface area contributed by atoms with Crippen molar-refractivity contribution < 1.29 is 19.1 Å². The highest BCUT2D eigenvalue weighted by Gasteiger charge is 2.56. The van der Waals surface area contributed by atoms with Crippen molar-refractivity contribution in [3.8, 4) is 11.8 Å². The number of methoxy groups -OCH3 is 1. The molecule has 9 heteroatoms. The number of nitriles is 1. The quantitative estimate of drug-likeness (QED) is 0.521. The van der Waals surface area contributed by atoms with E-state index in [-0.39, 0.29) is 36.6 Å². The highest BCUT2D eigenvalue weighted by atomic mass is 16.5. The van der Waals surface area contributed by atoms with E-state index in [1.54, 1.807) is 20.2 Å². The molecule has 0 aliphatic carbocycles. The number of carbonyl (C=O) groups is 3. The first-order chi connectivity index (χ1) is 18.2. The fourth-order valence-electron chi connectivity index (χ4n) is 5.80. The van der Waals surface area contributed by atoms with Crippen LogP contribution in [0.3, 0.4) is 0 Å². The predicted octanol–water partition coefficient (Wildman–Crippen LogP) is 3.68. The van der Waals surface area contributed by atoms with Gasteiger partial charge in [0.25, 0.3) is 5.91 Å². The van der Waals surface area contributed by atoms with Crippen LogP contribution in [-0.2, 0) is 15.0 Å². The molecule has 3 heterocycles. The number of fused-ring (bicyclic) bond motifs is 3. The number of hydrogen-bond acceptors (Lipinski definition) is 5. The lowest BCUT2D eigenvalue weighted by Gasteiger charge is -2.33. The fraction of sp³-hybridized carbons (Fsp3) is 0.379. The zero-order valence-corrected chi connectivity index (χ0v) is 21.9. The summed E-state index contributed by atoms with van der Waals surface area (Å²) >= 11 is 0. The molecule has 1 unspecified atom stereocenters. The van der Waals surface area contributed by atoms with Crippen LogP contribution in [0.15, 0.2) is 48.5 Å². The largest absolute Gasteiger partial charge is 0.496 e. The van der Waals surface area contributed by atoms with Gasteiger partial charge in [0.1, 0.15) is 23.5 Å². The van der Waals surface area contributed by atoms with Gasteiger partial charge in [-0.15, -0.1) is 0 Å². The van der Waals surface area contributed by atoms with E-state index in [1.165, 1.54) is 9.80 Å². The minimum Gasteiger partial charge on any atom is -0.496 e. The second-order valence-corrected chi connectivity index (χ2v) is 10.6. The molecule has 2 aromatic carbocycles. The van der Waals surface area contributed by atoms with E-state index in [2.05, 4.69) is 16.4 Å². The molecule has 0 bridgehead atoms. The molecule has 0 radical (unpaired) electrons. The van der Waals surface area contributed by atoms with Gasteiger partial charge in [-0.25, -0.2) is 0 Å². The van der Waals surface area contributed by atoms with Gasteiger partial charge in [0.05, 0.1) is 18.6 Å². The molecule has 1 saturated heterocycles. The van der Waals surface area contributed by atoms with Gasteiger partial charge in [-0.05, 0) is 42.2 Å². The van der Waals surface area contributed by atoms with Crippen molar-refractivity contribution in [3.63, 3.8) is 0 Å². The molecule has 0 saturated carbocycles. The van der Waals surface area contributed by atoms with Crippen LogP contribution < -0.4 is 10.1 Å². The van der Waals surface area contributed by atoms with Crippen molar-refractivity contribution in [2.75, 3.05) is 26.0 Å². The maximum Gasteiger partial charge on any atom is 0.270 e. The van der Waals surface area contributed by atoms with Gasteiger partial charge < -0.3 is 24.8 Å². The first-order valence-corrected chi connectivity index (χ1v) is 12.7. The molecule has 3 aromatic rings. The number of anilines is 1. The molecular formula is C29H31N5O4. The number of carbonyl (C=O) groups excluding carboxylic acids is 3. The lowest BCUT2D eigenvalue weighted by atomic mass is 9.80. The fourth-order valence-corrected chi connectivity index (χ4v) is 5.80. The van der Waals surface area contributed by atoms with Gasteiger partial charge in [-0.1, -0.05) is 38.1 Å². The van der Waals surface area contributed by atoms with Crippen molar-refractivity contribution >= 4 is 34.3 Å². The summed E-state index contributed by atoms with van der Waals surface area (Å²) in [4.78, 5) is 46.9. The maximum absolute atomic E-state index is 14.1. The van der Waals surface area contributed by atoms with E-state index in [0.29, 0.717) is 23.6 Å². The minimum absolute atomic E-state index is 0.0904. The molecule has 3 amide bonds. The van der Waals surface area contributed by atoms with Gasteiger partial charge in [-0.2, -0.15) is 5.26 Å². The van der Waals surface area contributed by atoms with Gasteiger partial charge in [0.2, 0.25) is 11.8 Å². The number of likely N-dealkylation sites (tertiary alicyclic amines) is 1. The number of nitrogens with zero attached hydrogens (tertiary/aromatic N) is 3. The van der Waals surface area contributed by atoms with Crippen molar-refractivity contribution in [2.45, 2.75) is 44.2 Å². The molecule has 9 nitrogen and oxygen atoms in total. The Morgan fingerprint density at radius 2 is 2.00 bits per heavy atom. The van der Waals surface area contributed by atoms with E-state index in [4.69, 9.17) is 4.74 Å². The van der Waals surface area contributed by atoms with Crippen molar-refractivity contribution in [1.29, 1.82) is 5.26 Å². The first kappa shape index (κ1) is 25.3. The van der Waals surface area contributed by atoms with Gasteiger partial charge in [-0.3, -0.25) is 14.4 Å². The molecule has 3 atom stereocenters. The van der Waals surface area contributed by atoms with Crippen molar-refractivity contribution in [2.24, 2.45) is 5.92 Å². The Bertz CT molecular complexity index is 1470. The van der Waals surface area contributed by atoms with Crippen molar-refractivity contribution in [1.82, 2.24) is 14.8 Å². The number of aromatic amines is 1. The van der Waals surface area contributed by atoms with E-state index in [1.807, 2.05) is 56.3 Å². The van der Waals surface area contributed by atoms with Crippen LogP contribution in [0.1, 0.15) is 42.7 Å². The Kier molecular flexibility index (Phi) is 6.35. The summed E-state index contributed by atoms with van der Waals surface area (Å²) in [6.45, 7) is 4.06. The molecule has 1 spiro atoms. The van der Waals surface area contributed by atoms with Crippen LogP contribution in [0.2, 0.25) is 0 Å². The minimum atomic E-state index is -0.981. The zero-order valence-electron chi connectivity index (χ0n) is 21.9. The highest BCUT2D eigenvalue weighted by molar-refractivity contribution is 6.07. The molecule has 1 aromatic heterocycles.